The smallest absolute Gasteiger partial charge is 0.307 e. The molecule has 2 atom stereocenters. The first-order chi connectivity index (χ1) is 16.9. The van der Waals surface area contributed by atoms with Crippen LogP contribution in [0.3, 0.4) is 0 Å². The fourth-order valence-corrected chi connectivity index (χ4v) is 4.18. The van der Waals surface area contributed by atoms with E-state index in [0.29, 0.717) is 29.4 Å². The number of carbonyl (C=O) groups is 1. The van der Waals surface area contributed by atoms with Gasteiger partial charge in [0.2, 0.25) is 0 Å². The number of aliphatic hydroxyl groups is 1. The molecule has 6 nitrogen and oxygen atoms in total. The van der Waals surface area contributed by atoms with E-state index in [1.807, 2.05) is 37.3 Å². The van der Waals surface area contributed by atoms with E-state index in [1.54, 1.807) is 38.5 Å². The Labute approximate surface area is 207 Å². The summed E-state index contributed by atoms with van der Waals surface area (Å²) in [5.74, 6) is 0.921. The van der Waals surface area contributed by atoms with Crippen molar-refractivity contribution in [3.05, 3.63) is 89.0 Å². The molecule has 0 saturated heterocycles. The summed E-state index contributed by atoms with van der Waals surface area (Å²) in [5.41, 5.74) is 3.57. The van der Waals surface area contributed by atoms with E-state index in [9.17, 15) is 9.90 Å². The van der Waals surface area contributed by atoms with Gasteiger partial charge >= 0.3 is 5.97 Å². The third kappa shape index (κ3) is 7.49. The molecule has 0 radical (unpaired) electrons. The number of methoxy groups -OCH3 is 2. The molecule has 0 aliphatic carbocycles. The lowest BCUT2D eigenvalue weighted by molar-refractivity contribution is -0.136. The minimum atomic E-state index is -0.871. The van der Waals surface area contributed by atoms with Crippen LogP contribution in [0.2, 0.25) is 0 Å². The van der Waals surface area contributed by atoms with Gasteiger partial charge in [-0.05, 0) is 67.1 Å². The van der Waals surface area contributed by atoms with Crippen molar-refractivity contribution in [2.45, 2.75) is 38.7 Å². The molecule has 0 bridgehead atoms. The Morgan fingerprint density at radius 2 is 1.54 bits per heavy atom. The highest BCUT2D eigenvalue weighted by atomic mass is 16.5. The molecule has 6 heteroatoms. The third-order valence-electron chi connectivity index (χ3n) is 6.19. The molecule has 0 spiro atoms. The van der Waals surface area contributed by atoms with Crippen LogP contribution in [-0.4, -0.2) is 37.0 Å². The van der Waals surface area contributed by atoms with Gasteiger partial charge in [0.1, 0.15) is 17.2 Å². The van der Waals surface area contributed by atoms with Gasteiger partial charge in [-0.3, -0.25) is 4.79 Å². The molecule has 0 amide bonds. The molecular formula is C29H34O6. The molecule has 0 fully saturated rings. The number of carboxylic acid groups (broad SMARTS) is 1. The predicted molar refractivity (Wildman–Crippen MR) is 135 cm³/mol. The minimum Gasteiger partial charge on any atom is -0.496 e. The van der Waals surface area contributed by atoms with Crippen LogP contribution < -0.4 is 14.2 Å². The molecule has 2 N–H and O–H groups in total. The van der Waals surface area contributed by atoms with E-state index in [2.05, 4.69) is 12.1 Å². The first kappa shape index (κ1) is 26.1. The number of aliphatic hydroxyl groups excluding tert-OH is 1. The van der Waals surface area contributed by atoms with Crippen molar-refractivity contribution < 1.29 is 29.2 Å². The molecule has 0 aromatic heterocycles. The van der Waals surface area contributed by atoms with Gasteiger partial charge in [0.25, 0.3) is 0 Å². The van der Waals surface area contributed by atoms with Crippen molar-refractivity contribution in [2.24, 2.45) is 5.92 Å². The molecule has 0 unspecified atom stereocenters. The number of ether oxygens (including phenoxy) is 3. The van der Waals surface area contributed by atoms with Crippen LogP contribution in [0.5, 0.6) is 17.2 Å². The summed E-state index contributed by atoms with van der Waals surface area (Å²) in [6.07, 6.45) is 1.76. The molecule has 3 aromatic carbocycles. The van der Waals surface area contributed by atoms with E-state index in [0.717, 1.165) is 30.4 Å². The first-order valence-corrected chi connectivity index (χ1v) is 11.8. The molecule has 3 aromatic rings. The van der Waals surface area contributed by atoms with Crippen LogP contribution in [0.15, 0.2) is 66.7 Å². The number of hydrogen-bond acceptors (Lipinski definition) is 5. The Morgan fingerprint density at radius 3 is 2.11 bits per heavy atom. The van der Waals surface area contributed by atoms with Crippen molar-refractivity contribution in [3.63, 3.8) is 0 Å². The van der Waals surface area contributed by atoms with E-state index >= 15 is 0 Å². The average Bonchev–Trinajstić information content (AvgIpc) is 2.87. The third-order valence-corrected chi connectivity index (χ3v) is 6.19. The number of rotatable bonds is 13. The van der Waals surface area contributed by atoms with Crippen LogP contribution in [0.4, 0.5) is 0 Å². The van der Waals surface area contributed by atoms with Gasteiger partial charge in [-0.1, -0.05) is 42.5 Å². The minimum absolute atomic E-state index is 0.0296. The summed E-state index contributed by atoms with van der Waals surface area (Å²) in [6.45, 7) is 2.23. The van der Waals surface area contributed by atoms with Crippen molar-refractivity contribution in [1.82, 2.24) is 0 Å². The Morgan fingerprint density at radius 1 is 0.914 bits per heavy atom. The highest BCUT2D eigenvalue weighted by Gasteiger charge is 2.24. The predicted octanol–water partition coefficient (Wildman–Crippen LogP) is 5.39. The SMILES string of the molecule is COc1cc([C@@H](O)[C@@H](CCCc2ccccc2)COc2ccc(CC(=O)O)cc2)cc(OC)c1C. The van der Waals surface area contributed by atoms with Crippen molar-refractivity contribution in [2.75, 3.05) is 20.8 Å². The van der Waals surface area contributed by atoms with Gasteiger partial charge < -0.3 is 24.4 Å². The molecule has 0 aliphatic heterocycles. The van der Waals surface area contributed by atoms with Gasteiger partial charge in [-0.2, -0.15) is 0 Å². The maximum atomic E-state index is 11.4. The van der Waals surface area contributed by atoms with Gasteiger partial charge in [0.05, 0.1) is 33.4 Å². The summed E-state index contributed by atoms with van der Waals surface area (Å²) in [5, 5.41) is 20.3. The molecule has 0 heterocycles. The number of hydrogen-bond donors (Lipinski definition) is 2. The van der Waals surface area contributed by atoms with Crippen LogP contribution in [0.1, 0.15) is 41.2 Å². The average molecular weight is 479 g/mol. The lowest BCUT2D eigenvalue weighted by Gasteiger charge is -2.25. The van der Waals surface area contributed by atoms with Crippen LogP contribution in [-0.2, 0) is 17.6 Å². The Hall–Kier alpha value is -3.51. The van der Waals surface area contributed by atoms with E-state index in [-0.39, 0.29) is 12.3 Å². The highest BCUT2D eigenvalue weighted by Crippen LogP contribution is 2.36. The monoisotopic (exact) mass is 478 g/mol. The molecule has 35 heavy (non-hydrogen) atoms. The van der Waals surface area contributed by atoms with Gasteiger partial charge in [-0.25, -0.2) is 0 Å². The Bertz CT molecular complexity index is 1050. The number of carboxylic acids is 1. The molecule has 0 aliphatic rings. The summed E-state index contributed by atoms with van der Waals surface area (Å²) < 4.78 is 17.0. The number of aryl methyl sites for hydroxylation is 1. The second kappa shape index (κ2) is 12.8. The Balaban J connectivity index is 1.75. The van der Waals surface area contributed by atoms with Gasteiger partial charge in [-0.15, -0.1) is 0 Å². The fourth-order valence-electron chi connectivity index (χ4n) is 4.18. The molecule has 3 rings (SSSR count). The van der Waals surface area contributed by atoms with Crippen molar-refractivity contribution in [3.8, 4) is 17.2 Å². The van der Waals surface area contributed by atoms with Gasteiger partial charge in [0.15, 0.2) is 0 Å². The fraction of sp³-hybridized carbons (Fsp3) is 0.345. The highest BCUT2D eigenvalue weighted by molar-refractivity contribution is 5.70. The lowest BCUT2D eigenvalue weighted by Crippen LogP contribution is -2.21. The second-order valence-electron chi connectivity index (χ2n) is 8.66. The van der Waals surface area contributed by atoms with Crippen molar-refractivity contribution in [1.29, 1.82) is 0 Å². The summed E-state index contributed by atoms with van der Waals surface area (Å²) >= 11 is 0. The zero-order valence-corrected chi connectivity index (χ0v) is 20.6. The maximum absolute atomic E-state index is 11.4. The summed E-state index contributed by atoms with van der Waals surface area (Å²) in [4.78, 5) is 10.9. The van der Waals surface area contributed by atoms with Gasteiger partial charge in [0, 0.05) is 11.5 Å². The summed E-state index contributed by atoms with van der Waals surface area (Å²) in [6, 6.07) is 21.0. The van der Waals surface area contributed by atoms with Crippen LogP contribution >= 0.6 is 0 Å². The first-order valence-electron chi connectivity index (χ1n) is 11.8. The molecule has 186 valence electrons. The molecule has 0 saturated carbocycles. The van der Waals surface area contributed by atoms with E-state index in [4.69, 9.17) is 19.3 Å². The zero-order valence-electron chi connectivity index (χ0n) is 20.6. The van der Waals surface area contributed by atoms with Crippen LogP contribution in [0, 0.1) is 12.8 Å². The van der Waals surface area contributed by atoms with Crippen molar-refractivity contribution >= 4 is 5.97 Å². The zero-order chi connectivity index (χ0) is 25.2. The topological polar surface area (TPSA) is 85.2 Å². The normalized spacial score (nSPS) is 12.6. The number of aliphatic carboxylic acids is 1. The largest absolute Gasteiger partial charge is 0.496 e. The Kier molecular flexibility index (Phi) is 9.56. The lowest BCUT2D eigenvalue weighted by atomic mass is 9.90. The van der Waals surface area contributed by atoms with E-state index in [1.165, 1.54) is 5.56 Å². The maximum Gasteiger partial charge on any atom is 0.307 e. The standard InChI is InChI=1S/C29H34O6/c1-20-26(33-2)17-24(18-27(20)34-3)29(32)23(11-7-10-21-8-5-4-6-9-21)19-35-25-14-12-22(13-15-25)16-28(30)31/h4-6,8-9,12-15,17-18,23,29,32H,7,10-11,16,19H2,1-3H3,(H,30,31)/t23-,29-/m0/s1. The van der Waals surface area contributed by atoms with Crippen LogP contribution in [0.25, 0.3) is 0 Å². The quantitative estimate of drug-likeness (QED) is 0.343. The summed E-state index contributed by atoms with van der Waals surface area (Å²) in [7, 11) is 3.21. The number of benzene rings is 3. The molecular weight excluding hydrogens is 444 g/mol. The van der Waals surface area contributed by atoms with E-state index < -0.39 is 12.1 Å². The second-order valence-corrected chi connectivity index (χ2v) is 8.66.